The van der Waals surface area contributed by atoms with Crippen molar-refractivity contribution in [2.75, 3.05) is 6.61 Å². The van der Waals surface area contributed by atoms with Crippen molar-refractivity contribution in [3.63, 3.8) is 0 Å². The summed E-state index contributed by atoms with van der Waals surface area (Å²) >= 11 is 0. The highest BCUT2D eigenvalue weighted by Gasteiger charge is 2.50. The first kappa shape index (κ1) is 25.0. The maximum absolute atomic E-state index is 12.3. The van der Waals surface area contributed by atoms with Crippen LogP contribution in [0.25, 0.3) is 0 Å². The number of hydrogen-bond acceptors (Lipinski definition) is 11. The van der Waals surface area contributed by atoms with E-state index in [-0.39, 0.29) is 0 Å². The Balaban J connectivity index is 2.11. The van der Waals surface area contributed by atoms with E-state index in [4.69, 9.17) is 16.2 Å². The maximum atomic E-state index is 12.3. The topological polar surface area (TPSA) is 270 Å². The highest BCUT2D eigenvalue weighted by atomic mass is 16.6. The number of amides is 2. The summed E-state index contributed by atoms with van der Waals surface area (Å²) in [5.74, 6) is -2.72. The van der Waals surface area contributed by atoms with Crippen LogP contribution in [0.15, 0.2) is 21.9 Å². The summed E-state index contributed by atoms with van der Waals surface area (Å²) in [7, 11) is 0. The van der Waals surface area contributed by atoms with E-state index in [9.17, 15) is 44.4 Å². The summed E-state index contributed by atoms with van der Waals surface area (Å²) in [6.07, 6.45) is -8.92. The van der Waals surface area contributed by atoms with Gasteiger partial charge in [-0.25, -0.2) is 14.4 Å². The highest BCUT2D eigenvalue weighted by molar-refractivity contribution is 5.87. The minimum atomic E-state index is -1.92. The van der Waals surface area contributed by atoms with Crippen LogP contribution < -0.4 is 28.0 Å². The van der Waals surface area contributed by atoms with Crippen molar-refractivity contribution in [1.82, 2.24) is 14.9 Å². The first-order valence-electron chi connectivity index (χ1n) is 9.14. The number of aliphatic hydroxyl groups is 3. The molecule has 2 rings (SSSR count). The summed E-state index contributed by atoms with van der Waals surface area (Å²) in [5.41, 5.74) is 8.65. The lowest BCUT2D eigenvalue weighted by Crippen LogP contribution is -2.56. The van der Waals surface area contributed by atoms with E-state index in [0.29, 0.717) is 0 Å². The SMILES string of the molecule is NC(=O)OCC(O)CC(N)C(=O)NC(C(=O)O)C1OC(n2ccc(=O)[nH]c2=O)C(O)C1O. The summed E-state index contributed by atoms with van der Waals surface area (Å²) in [4.78, 5) is 59.5. The third kappa shape index (κ3) is 5.89. The van der Waals surface area contributed by atoms with Crippen molar-refractivity contribution in [2.45, 2.75) is 49.1 Å². The Bertz CT molecular complexity index is 962. The van der Waals surface area contributed by atoms with Crippen LogP contribution >= 0.6 is 0 Å². The number of rotatable bonds is 9. The molecule has 2 amide bonds. The zero-order valence-electron chi connectivity index (χ0n) is 16.4. The summed E-state index contributed by atoms with van der Waals surface area (Å²) in [5, 5.41) is 41.7. The number of ether oxygens (including phenoxy) is 2. The normalized spacial score (nSPS) is 25.5. The number of hydrogen-bond donors (Lipinski definition) is 8. The Hall–Kier alpha value is -3.31. The Morgan fingerprint density at radius 2 is 1.94 bits per heavy atom. The molecule has 0 saturated carbocycles. The molecule has 0 radical (unpaired) electrons. The number of carboxylic acid groups (broad SMARTS) is 1. The third-order valence-electron chi connectivity index (χ3n) is 4.57. The maximum Gasteiger partial charge on any atom is 0.404 e. The van der Waals surface area contributed by atoms with Crippen molar-refractivity contribution in [3.05, 3.63) is 33.1 Å². The van der Waals surface area contributed by atoms with E-state index >= 15 is 0 Å². The van der Waals surface area contributed by atoms with E-state index in [1.165, 1.54) is 0 Å². The number of nitrogens with two attached hydrogens (primary N) is 2. The number of H-pyrrole nitrogens is 1. The smallest absolute Gasteiger partial charge is 0.404 e. The molecule has 10 N–H and O–H groups in total. The monoisotopic (exact) mass is 461 g/mol. The molecular formula is C16H23N5O11. The van der Waals surface area contributed by atoms with Crippen molar-refractivity contribution in [2.24, 2.45) is 11.5 Å². The van der Waals surface area contributed by atoms with Gasteiger partial charge in [0, 0.05) is 18.7 Å². The highest BCUT2D eigenvalue weighted by Crippen LogP contribution is 2.30. The number of primary amides is 1. The number of aromatic nitrogens is 2. The van der Waals surface area contributed by atoms with Crippen LogP contribution in [-0.4, -0.2) is 91.1 Å². The number of carbonyl (C=O) groups is 3. The molecule has 0 bridgehead atoms. The Morgan fingerprint density at radius 1 is 1.28 bits per heavy atom. The third-order valence-corrected chi connectivity index (χ3v) is 4.57. The average molecular weight is 461 g/mol. The minimum absolute atomic E-state index is 0.433. The molecule has 16 nitrogen and oxygen atoms in total. The lowest BCUT2D eigenvalue weighted by Gasteiger charge is -2.25. The van der Waals surface area contributed by atoms with Gasteiger partial charge in [0.1, 0.15) is 24.9 Å². The van der Waals surface area contributed by atoms with E-state index in [0.717, 1.165) is 16.8 Å². The van der Waals surface area contributed by atoms with Crippen LogP contribution in [0, 0.1) is 0 Å². The first-order valence-corrected chi connectivity index (χ1v) is 9.14. The van der Waals surface area contributed by atoms with Gasteiger partial charge in [-0.3, -0.25) is 19.1 Å². The van der Waals surface area contributed by atoms with E-state index in [2.05, 4.69) is 4.74 Å². The van der Waals surface area contributed by atoms with Gasteiger partial charge in [0.15, 0.2) is 12.3 Å². The zero-order chi connectivity index (χ0) is 24.2. The molecule has 7 atom stereocenters. The molecule has 16 heteroatoms. The molecule has 1 aliphatic heterocycles. The largest absolute Gasteiger partial charge is 0.480 e. The van der Waals surface area contributed by atoms with E-state index in [1.807, 2.05) is 10.3 Å². The summed E-state index contributed by atoms with van der Waals surface area (Å²) in [6.45, 7) is -0.551. The second-order valence-electron chi connectivity index (χ2n) is 6.94. The fourth-order valence-corrected chi connectivity index (χ4v) is 3.01. The van der Waals surface area contributed by atoms with E-state index < -0.39 is 85.0 Å². The van der Waals surface area contributed by atoms with Gasteiger partial charge in [-0.15, -0.1) is 0 Å². The van der Waals surface area contributed by atoms with Gasteiger partial charge in [-0.2, -0.15) is 0 Å². The molecule has 2 heterocycles. The van der Waals surface area contributed by atoms with Crippen molar-refractivity contribution >= 4 is 18.0 Å². The van der Waals surface area contributed by atoms with Crippen LogP contribution in [0.4, 0.5) is 4.79 Å². The summed E-state index contributed by atoms with van der Waals surface area (Å²) < 4.78 is 10.4. The number of nitrogens with one attached hydrogen (secondary N) is 2. The summed E-state index contributed by atoms with van der Waals surface area (Å²) in [6, 6.07) is -2.43. The number of aliphatic hydroxyl groups excluding tert-OH is 3. The molecule has 1 aliphatic rings. The molecule has 32 heavy (non-hydrogen) atoms. The number of carbonyl (C=O) groups excluding carboxylic acids is 2. The van der Waals surface area contributed by atoms with Gasteiger partial charge in [0.25, 0.3) is 5.56 Å². The molecular weight excluding hydrogens is 438 g/mol. The van der Waals surface area contributed by atoms with Gasteiger partial charge in [-0.05, 0) is 0 Å². The number of nitrogens with zero attached hydrogens (tertiary/aromatic N) is 1. The van der Waals surface area contributed by atoms with Crippen molar-refractivity contribution in [1.29, 1.82) is 0 Å². The van der Waals surface area contributed by atoms with Gasteiger partial charge in [-0.1, -0.05) is 0 Å². The minimum Gasteiger partial charge on any atom is -0.480 e. The fraction of sp³-hybridized carbons (Fsp3) is 0.562. The number of aliphatic carboxylic acids is 1. The van der Waals surface area contributed by atoms with Gasteiger partial charge in [0.05, 0.1) is 12.1 Å². The predicted molar refractivity (Wildman–Crippen MR) is 101 cm³/mol. The second kappa shape index (κ2) is 10.3. The first-order chi connectivity index (χ1) is 14.9. The second-order valence-corrected chi connectivity index (χ2v) is 6.94. The van der Waals surface area contributed by atoms with Crippen LogP contribution in [0.3, 0.4) is 0 Å². The zero-order valence-corrected chi connectivity index (χ0v) is 16.4. The van der Waals surface area contributed by atoms with E-state index in [1.54, 1.807) is 0 Å². The molecule has 1 fully saturated rings. The molecule has 7 unspecified atom stereocenters. The fourth-order valence-electron chi connectivity index (χ4n) is 3.01. The molecule has 0 aliphatic carbocycles. The van der Waals surface area contributed by atoms with Gasteiger partial charge in [0.2, 0.25) is 5.91 Å². The average Bonchev–Trinajstić information content (AvgIpc) is 2.98. The van der Waals surface area contributed by atoms with Gasteiger partial charge < -0.3 is 46.7 Å². The Morgan fingerprint density at radius 3 is 2.50 bits per heavy atom. The molecule has 0 spiro atoms. The van der Waals surface area contributed by atoms with Crippen LogP contribution in [0.5, 0.6) is 0 Å². The van der Waals surface area contributed by atoms with Crippen LogP contribution in [0.2, 0.25) is 0 Å². The van der Waals surface area contributed by atoms with Crippen molar-refractivity contribution in [3.8, 4) is 0 Å². The number of aromatic amines is 1. The lowest BCUT2D eigenvalue weighted by atomic mass is 10.0. The number of carboxylic acids is 1. The quantitative estimate of drug-likeness (QED) is 0.171. The molecule has 1 saturated heterocycles. The molecule has 178 valence electrons. The molecule has 0 aromatic carbocycles. The van der Waals surface area contributed by atoms with Crippen molar-refractivity contribution < 1.29 is 44.3 Å². The van der Waals surface area contributed by atoms with Crippen LogP contribution in [-0.2, 0) is 19.1 Å². The Labute approximate surface area is 178 Å². The molecule has 1 aromatic heterocycles. The lowest BCUT2D eigenvalue weighted by molar-refractivity contribution is -0.149. The predicted octanol–water partition coefficient (Wildman–Crippen LogP) is -5.10. The molecule has 1 aromatic rings. The van der Waals surface area contributed by atoms with Gasteiger partial charge >= 0.3 is 17.8 Å². The Kier molecular flexibility index (Phi) is 8.06. The standard InChI is InChI=1S/C16H23N5O11/c17-6(3-5(22)4-31-15(18)29)12(26)20-8(14(27)28)11-9(24)10(25)13(32-11)21-2-1-7(23)19-16(21)30/h1-2,5-6,8-11,13,22,24-25H,3-4,17H2,(H2,18,29)(H,20,26)(H,27,28)(H,19,23,30). The van der Waals surface area contributed by atoms with Crippen LogP contribution in [0.1, 0.15) is 12.6 Å².